The molecule has 0 aliphatic heterocycles. The number of halogens is 6. The molecule has 226 valence electrons. The van der Waals surface area contributed by atoms with Gasteiger partial charge in [0.25, 0.3) is 0 Å². The van der Waals surface area contributed by atoms with Gasteiger partial charge in [-0.2, -0.15) is 0 Å². The molecule has 1 saturated carbocycles. The molecule has 0 N–H and O–H groups in total. The maximum absolute atomic E-state index is 11.2. The summed E-state index contributed by atoms with van der Waals surface area (Å²) in [5, 5.41) is 4.19. The van der Waals surface area contributed by atoms with Crippen LogP contribution in [0.25, 0.3) is 0 Å². The Bertz CT molecular complexity index is 1030. The van der Waals surface area contributed by atoms with Crippen LogP contribution in [0.5, 0.6) is 0 Å². The van der Waals surface area contributed by atoms with Gasteiger partial charge < -0.3 is 0 Å². The zero-order valence-electron chi connectivity index (χ0n) is 22.8. The first-order valence-corrected chi connectivity index (χ1v) is 20.3. The molecule has 0 aromatic heterocycles. The average Bonchev–Trinajstić information content (AvgIpc) is 3.46. The van der Waals surface area contributed by atoms with E-state index < -0.39 is 38.2 Å². The normalized spacial score (nSPS) is 14.7. The SMILES string of the molecule is C[S@](=O)C(C)(C)C.[C-]#[O+].[CH]1[CH][CH][CH][CH]1.[F][Sb-]([F])([F])([F])([F])[F].[Ru+].c1ccc(P(c2ccccc2)c2ccccc2)cc1. The quantitative estimate of drug-likeness (QED) is 0.0878. The van der Waals surface area contributed by atoms with Crippen LogP contribution in [0.1, 0.15) is 20.8 Å². The van der Waals surface area contributed by atoms with E-state index in [-0.39, 0.29) is 24.2 Å². The molecule has 41 heavy (non-hydrogen) atoms. The van der Waals surface area contributed by atoms with Crippen LogP contribution in [0.4, 0.5) is 16.9 Å². The Morgan fingerprint density at radius 3 is 0.927 bits per heavy atom. The Hall–Kier alpha value is -0.998. The molecule has 3 aromatic rings. The largest absolute Gasteiger partial charge is 1.00 e. The van der Waals surface area contributed by atoms with Gasteiger partial charge in [0.1, 0.15) is 0 Å². The van der Waals surface area contributed by atoms with Crippen molar-refractivity contribution in [2.24, 2.45) is 0 Å². The van der Waals surface area contributed by atoms with Gasteiger partial charge in [0, 0.05) is 21.8 Å². The van der Waals surface area contributed by atoms with E-state index in [1.165, 1.54) is 15.9 Å². The Labute approximate surface area is 259 Å². The molecule has 0 unspecified atom stereocenters. The van der Waals surface area contributed by atoms with Gasteiger partial charge in [-0.05, 0) is 76.7 Å². The van der Waals surface area contributed by atoms with Crippen molar-refractivity contribution in [1.29, 1.82) is 0 Å². The summed E-state index contributed by atoms with van der Waals surface area (Å²) in [6.07, 6.45) is 11.7. The van der Waals surface area contributed by atoms with Crippen molar-refractivity contribution in [3.63, 3.8) is 0 Å². The van der Waals surface area contributed by atoms with Gasteiger partial charge >= 0.3 is 67.1 Å². The first kappa shape index (κ1) is 42.1. The third-order valence-electron chi connectivity index (χ3n) is 4.46. The Balaban J connectivity index is 0. The molecule has 0 bridgehead atoms. The summed E-state index contributed by atoms with van der Waals surface area (Å²) >= 11 is -11.2. The van der Waals surface area contributed by atoms with Crippen LogP contribution in [-0.4, -0.2) is 34.7 Å². The molecule has 6 radical (unpaired) electrons. The number of benzene rings is 3. The number of hydrogen-bond acceptors (Lipinski definition) is 1. The van der Waals surface area contributed by atoms with Crippen molar-refractivity contribution < 1.29 is 45.2 Å². The molecule has 12 heteroatoms. The van der Waals surface area contributed by atoms with Gasteiger partial charge in [-0.15, -0.1) is 0 Å². The van der Waals surface area contributed by atoms with E-state index >= 15 is 0 Å². The molecule has 0 amide bonds. The second-order valence-corrected chi connectivity index (χ2v) is 18.7. The van der Waals surface area contributed by atoms with Crippen LogP contribution in [-0.2, 0) is 34.9 Å². The van der Waals surface area contributed by atoms with Crippen molar-refractivity contribution in [2.45, 2.75) is 25.5 Å². The fourth-order valence-corrected chi connectivity index (χ4v) is 4.80. The summed E-state index contributed by atoms with van der Waals surface area (Å²) in [7, 11) is -1.13. The third kappa shape index (κ3) is 25.2. The summed E-state index contributed by atoms with van der Waals surface area (Å²) in [4.78, 5) is 0. The van der Waals surface area contributed by atoms with Crippen molar-refractivity contribution >= 4 is 54.1 Å². The third-order valence-corrected chi connectivity index (χ3v) is 8.63. The molecule has 1 atom stereocenters. The maximum atomic E-state index is 10.6. The second kappa shape index (κ2) is 18.6. The summed E-state index contributed by atoms with van der Waals surface area (Å²) in [5.41, 5.74) is 0. The molecule has 0 saturated heterocycles. The minimum atomic E-state index is -11.2. The standard InChI is InChI=1S/C18H15P.C5H12OS.C5H5.CO.6FH.Ru.Sb/c1-4-10-16(11-5-1)19(17-12-6-2-7-13-17)18-14-8-3-9-15-18;1-5(2,3)7(4)6;1-2-4-5-3-1;1-2;;;;;;;;/h1-15H;1-4H3;1-5H;;6*1H;;/q;;;;;;;;;;+1;+5/p-6/t;7-;;;;;;;;;;/m.0........../s1. The fourth-order valence-electron chi connectivity index (χ4n) is 2.50. The summed E-state index contributed by atoms with van der Waals surface area (Å²) in [6, 6.07) is 32.3. The van der Waals surface area contributed by atoms with Crippen molar-refractivity contribution in [3.05, 3.63) is 130 Å². The van der Waals surface area contributed by atoms with E-state index in [9.17, 15) is 21.1 Å². The van der Waals surface area contributed by atoms with E-state index in [0.717, 1.165) is 0 Å². The zero-order valence-corrected chi connectivity index (χ0v) is 28.8. The van der Waals surface area contributed by atoms with Crippen LogP contribution in [0, 0.1) is 38.8 Å². The predicted molar refractivity (Wildman–Crippen MR) is 157 cm³/mol. The van der Waals surface area contributed by atoms with Crippen molar-refractivity contribution in [1.82, 2.24) is 0 Å². The van der Waals surface area contributed by atoms with E-state index in [1.807, 2.05) is 52.9 Å². The molecule has 0 spiro atoms. The first-order chi connectivity index (χ1) is 18.3. The van der Waals surface area contributed by atoms with Gasteiger partial charge in [0.2, 0.25) is 0 Å². The van der Waals surface area contributed by atoms with E-state index in [1.54, 1.807) is 6.26 Å². The van der Waals surface area contributed by atoms with Crippen molar-refractivity contribution in [2.75, 3.05) is 6.26 Å². The minimum Gasteiger partial charge on any atom is -0.0622 e. The number of hydrogen-bond donors (Lipinski definition) is 0. The van der Waals surface area contributed by atoms with Gasteiger partial charge in [-0.1, -0.05) is 91.0 Å². The van der Waals surface area contributed by atoms with E-state index in [0.29, 0.717) is 0 Å². The molecule has 3 aromatic carbocycles. The first-order valence-electron chi connectivity index (χ1n) is 11.6. The molecule has 1 aliphatic rings. The van der Waals surface area contributed by atoms with E-state index in [2.05, 4.69) is 97.6 Å². The topological polar surface area (TPSA) is 37.0 Å². The van der Waals surface area contributed by atoms with Crippen LogP contribution < -0.4 is 15.9 Å². The molecule has 1 aliphatic carbocycles. The zero-order chi connectivity index (χ0) is 30.9. The molecule has 2 nitrogen and oxygen atoms in total. The molecule has 1 fully saturated rings. The van der Waals surface area contributed by atoms with Crippen LogP contribution in [0.15, 0.2) is 91.0 Å². The predicted octanol–water partition coefficient (Wildman–Crippen LogP) is 7.73. The molecular formula is C29H32F6O2PRuSSb. The Morgan fingerprint density at radius 1 is 0.610 bits per heavy atom. The van der Waals surface area contributed by atoms with Crippen LogP contribution in [0.3, 0.4) is 0 Å². The summed E-state index contributed by atoms with van der Waals surface area (Å²) < 4.78 is 77.6. The number of rotatable bonds is 3. The van der Waals surface area contributed by atoms with Crippen LogP contribution in [0.2, 0.25) is 0 Å². The monoisotopic (exact) mass is 812 g/mol. The second-order valence-electron chi connectivity index (χ2n) is 8.83. The van der Waals surface area contributed by atoms with Gasteiger partial charge in [-0.25, -0.2) is 0 Å². The Morgan fingerprint density at radius 2 is 0.780 bits per heavy atom. The Kier molecular flexibility index (Phi) is 19.1. The average molecular weight is 812 g/mol. The molecular weight excluding hydrogens is 780 g/mol. The minimum absolute atomic E-state index is 0. The maximum Gasteiger partial charge on any atom is 1.00 e. The van der Waals surface area contributed by atoms with E-state index in [4.69, 9.17) is 4.65 Å². The summed E-state index contributed by atoms with van der Waals surface area (Å²) in [5.74, 6) is 0. The van der Waals surface area contributed by atoms with Gasteiger partial charge in [-0.3, -0.25) is 4.21 Å². The van der Waals surface area contributed by atoms with Gasteiger partial charge in [0.15, 0.2) is 0 Å². The van der Waals surface area contributed by atoms with Gasteiger partial charge in [0.05, 0.1) is 0 Å². The van der Waals surface area contributed by atoms with Crippen LogP contribution >= 0.6 is 7.92 Å². The smallest absolute Gasteiger partial charge is 0.0622 e. The van der Waals surface area contributed by atoms with Crippen molar-refractivity contribution in [3.8, 4) is 0 Å². The fraction of sp³-hybridized carbons (Fsp3) is 0.172. The molecule has 4 rings (SSSR count). The summed E-state index contributed by atoms with van der Waals surface area (Å²) in [6.45, 7) is 10.4. The molecule has 0 heterocycles.